The van der Waals surface area contributed by atoms with E-state index in [2.05, 4.69) is 25.3 Å². The van der Waals surface area contributed by atoms with Gasteiger partial charge in [0.05, 0.1) is 4.91 Å². The molecule has 3 rings (SSSR count). The van der Waals surface area contributed by atoms with Gasteiger partial charge in [-0.3, -0.25) is 9.69 Å². The van der Waals surface area contributed by atoms with Crippen LogP contribution in [0.4, 0.5) is 5.69 Å². The van der Waals surface area contributed by atoms with Crippen molar-refractivity contribution in [3.05, 3.63) is 75.1 Å². The van der Waals surface area contributed by atoms with Gasteiger partial charge in [0.15, 0.2) is 0 Å². The Morgan fingerprint density at radius 3 is 2.59 bits per heavy atom. The number of rotatable bonds is 9. The minimum absolute atomic E-state index is 0.126. The molecule has 0 aliphatic carbocycles. The third-order valence-corrected chi connectivity index (χ3v) is 6.96. The number of benzene rings is 2. The third kappa shape index (κ3) is 5.67. The van der Waals surface area contributed by atoms with Gasteiger partial charge in [0.2, 0.25) is 0 Å². The van der Waals surface area contributed by atoms with E-state index in [1.54, 1.807) is 18.2 Å². The fourth-order valence-electron chi connectivity index (χ4n) is 3.27. The molecule has 2 aromatic carbocycles. The first kappa shape index (κ1) is 24.6. The van der Waals surface area contributed by atoms with Gasteiger partial charge in [0, 0.05) is 52.6 Å². The fraction of sp³-hybridized carbons (Fsp3) is 0.250. The van der Waals surface area contributed by atoms with Crippen molar-refractivity contribution in [2.75, 3.05) is 24.5 Å². The maximum Gasteiger partial charge on any atom is 0.266 e. The Morgan fingerprint density at radius 2 is 1.94 bits per heavy atom. The van der Waals surface area contributed by atoms with Crippen LogP contribution >= 0.6 is 47.2 Å². The van der Waals surface area contributed by atoms with Crippen LogP contribution in [0, 0.1) is 0 Å². The molecule has 0 bridgehead atoms. The number of amides is 1. The number of hydrogen-bond acceptors (Lipinski definition) is 5. The molecule has 1 saturated heterocycles. The predicted octanol–water partition coefficient (Wildman–Crippen LogP) is 6.81. The lowest BCUT2D eigenvalue weighted by Gasteiger charge is -2.22. The molecule has 1 fully saturated rings. The van der Waals surface area contributed by atoms with E-state index in [4.69, 9.17) is 40.2 Å². The normalized spacial score (nSPS) is 14.9. The molecule has 168 valence electrons. The van der Waals surface area contributed by atoms with E-state index in [1.807, 2.05) is 30.3 Å². The maximum absolute atomic E-state index is 12.8. The van der Waals surface area contributed by atoms with Crippen molar-refractivity contribution in [1.29, 1.82) is 0 Å². The summed E-state index contributed by atoms with van der Waals surface area (Å²) in [5.41, 5.74) is 2.67. The SMILES string of the molecule is C=CCN1C(=O)/C(=C\c2ccc(N(CC)CC)cc2OCc2ccc(Cl)cc2Cl)SC1=S. The highest BCUT2D eigenvalue weighted by Gasteiger charge is 2.31. The Bertz CT molecular complexity index is 1070. The molecule has 0 aromatic heterocycles. The van der Waals surface area contributed by atoms with Gasteiger partial charge in [0.25, 0.3) is 5.91 Å². The Morgan fingerprint density at radius 1 is 1.19 bits per heavy atom. The standard InChI is InChI=1S/C24H24Cl2N2O2S2/c1-4-11-28-23(29)22(32-24(28)31)12-16-8-10-19(27(5-2)6-3)14-21(16)30-15-17-7-9-18(25)13-20(17)26/h4,7-10,12-14H,1,5-6,11,15H2,2-3H3/b22-12+. The molecule has 0 saturated carbocycles. The van der Waals surface area contributed by atoms with E-state index < -0.39 is 0 Å². The maximum atomic E-state index is 12.8. The molecule has 0 atom stereocenters. The summed E-state index contributed by atoms with van der Waals surface area (Å²) < 4.78 is 6.71. The summed E-state index contributed by atoms with van der Waals surface area (Å²) >= 11 is 19.0. The summed E-state index contributed by atoms with van der Waals surface area (Å²) in [6.07, 6.45) is 3.49. The van der Waals surface area contributed by atoms with Crippen molar-refractivity contribution >= 4 is 69.2 Å². The average Bonchev–Trinajstić information content (AvgIpc) is 3.03. The van der Waals surface area contributed by atoms with E-state index in [9.17, 15) is 4.79 Å². The van der Waals surface area contributed by atoms with E-state index >= 15 is 0 Å². The molecule has 2 aromatic rings. The van der Waals surface area contributed by atoms with Crippen molar-refractivity contribution in [2.45, 2.75) is 20.5 Å². The Labute approximate surface area is 208 Å². The van der Waals surface area contributed by atoms with Crippen molar-refractivity contribution in [2.24, 2.45) is 0 Å². The van der Waals surface area contributed by atoms with Crippen LogP contribution in [-0.4, -0.2) is 34.8 Å². The van der Waals surface area contributed by atoms with Crippen LogP contribution in [0.5, 0.6) is 5.75 Å². The highest BCUT2D eigenvalue weighted by molar-refractivity contribution is 8.26. The molecule has 0 N–H and O–H groups in total. The van der Waals surface area contributed by atoms with Crippen LogP contribution in [0.1, 0.15) is 25.0 Å². The molecule has 0 spiro atoms. The van der Waals surface area contributed by atoms with E-state index in [0.29, 0.717) is 31.6 Å². The van der Waals surface area contributed by atoms with Crippen LogP contribution in [0.2, 0.25) is 10.0 Å². The molecule has 4 nitrogen and oxygen atoms in total. The van der Waals surface area contributed by atoms with Crippen LogP contribution in [0.25, 0.3) is 6.08 Å². The van der Waals surface area contributed by atoms with Crippen molar-refractivity contribution in [1.82, 2.24) is 4.90 Å². The smallest absolute Gasteiger partial charge is 0.266 e. The monoisotopic (exact) mass is 506 g/mol. The highest BCUT2D eigenvalue weighted by Crippen LogP contribution is 2.36. The number of carbonyl (C=O) groups is 1. The number of hydrogen-bond donors (Lipinski definition) is 0. The first-order valence-electron chi connectivity index (χ1n) is 10.2. The molecular formula is C24H24Cl2N2O2S2. The number of anilines is 1. The zero-order chi connectivity index (χ0) is 23.3. The number of carbonyl (C=O) groups excluding carboxylic acids is 1. The van der Waals surface area contributed by atoms with Gasteiger partial charge in [-0.25, -0.2) is 0 Å². The van der Waals surface area contributed by atoms with Gasteiger partial charge < -0.3 is 9.64 Å². The summed E-state index contributed by atoms with van der Waals surface area (Å²) in [5, 5.41) is 1.12. The molecule has 1 heterocycles. The number of ether oxygens (including phenoxy) is 1. The first-order valence-corrected chi connectivity index (χ1v) is 12.2. The van der Waals surface area contributed by atoms with Crippen LogP contribution < -0.4 is 9.64 Å². The van der Waals surface area contributed by atoms with Crippen molar-refractivity contribution in [3.8, 4) is 5.75 Å². The second-order valence-electron chi connectivity index (χ2n) is 7.00. The summed E-state index contributed by atoms with van der Waals surface area (Å²) in [4.78, 5) is 17.1. The van der Waals surface area contributed by atoms with Crippen LogP contribution in [-0.2, 0) is 11.4 Å². The molecule has 0 unspecified atom stereocenters. The van der Waals surface area contributed by atoms with E-state index in [0.717, 1.165) is 29.9 Å². The van der Waals surface area contributed by atoms with Crippen molar-refractivity contribution in [3.63, 3.8) is 0 Å². The number of nitrogens with zero attached hydrogens (tertiary/aromatic N) is 2. The van der Waals surface area contributed by atoms with Gasteiger partial charge in [0.1, 0.15) is 16.7 Å². The number of halogens is 2. The van der Waals surface area contributed by atoms with Gasteiger partial charge >= 0.3 is 0 Å². The fourth-order valence-corrected chi connectivity index (χ4v) is 5.00. The quantitative estimate of drug-likeness (QED) is 0.212. The topological polar surface area (TPSA) is 32.8 Å². The van der Waals surface area contributed by atoms with Gasteiger partial charge in [-0.15, -0.1) is 6.58 Å². The summed E-state index contributed by atoms with van der Waals surface area (Å²) in [5.74, 6) is 0.536. The summed E-state index contributed by atoms with van der Waals surface area (Å²) in [6.45, 7) is 10.3. The molecule has 1 amide bonds. The van der Waals surface area contributed by atoms with Gasteiger partial charge in [-0.2, -0.15) is 0 Å². The van der Waals surface area contributed by atoms with Gasteiger partial charge in [-0.05, 0) is 44.2 Å². The summed E-state index contributed by atoms with van der Waals surface area (Å²) in [7, 11) is 0. The minimum atomic E-state index is -0.126. The second-order valence-corrected chi connectivity index (χ2v) is 9.52. The molecular weight excluding hydrogens is 483 g/mol. The molecule has 0 radical (unpaired) electrons. The molecule has 1 aliphatic heterocycles. The van der Waals surface area contributed by atoms with E-state index in [1.165, 1.54) is 16.7 Å². The largest absolute Gasteiger partial charge is 0.488 e. The lowest BCUT2D eigenvalue weighted by atomic mass is 10.1. The zero-order valence-corrected chi connectivity index (χ0v) is 21.1. The highest BCUT2D eigenvalue weighted by atomic mass is 35.5. The lowest BCUT2D eigenvalue weighted by molar-refractivity contribution is -0.121. The minimum Gasteiger partial charge on any atom is -0.488 e. The first-order chi connectivity index (χ1) is 15.4. The Kier molecular flexibility index (Phi) is 8.65. The van der Waals surface area contributed by atoms with Crippen LogP contribution in [0.3, 0.4) is 0 Å². The Hall–Kier alpha value is -1.99. The second kappa shape index (κ2) is 11.2. The average molecular weight is 508 g/mol. The van der Waals surface area contributed by atoms with Gasteiger partial charge in [-0.1, -0.05) is 59.3 Å². The Balaban J connectivity index is 1.95. The third-order valence-electron chi connectivity index (χ3n) is 5.00. The molecule has 1 aliphatic rings. The molecule has 8 heteroatoms. The number of thioether (sulfide) groups is 1. The van der Waals surface area contributed by atoms with Crippen molar-refractivity contribution < 1.29 is 9.53 Å². The predicted molar refractivity (Wildman–Crippen MR) is 141 cm³/mol. The number of thiocarbonyl (C=S) groups is 1. The molecule has 32 heavy (non-hydrogen) atoms. The lowest BCUT2D eigenvalue weighted by Crippen LogP contribution is -2.27. The van der Waals surface area contributed by atoms with Crippen LogP contribution in [0.15, 0.2) is 54.0 Å². The van der Waals surface area contributed by atoms with E-state index in [-0.39, 0.29) is 12.5 Å². The zero-order valence-electron chi connectivity index (χ0n) is 17.9. The summed E-state index contributed by atoms with van der Waals surface area (Å²) in [6, 6.07) is 11.3.